The zero-order valence-corrected chi connectivity index (χ0v) is 5.11. The van der Waals surface area contributed by atoms with Gasteiger partial charge in [-0.25, -0.2) is 0 Å². The van der Waals surface area contributed by atoms with Gasteiger partial charge in [0.1, 0.15) is 0 Å². The van der Waals surface area contributed by atoms with E-state index in [0.29, 0.717) is 5.56 Å². The number of hydrogen-bond acceptors (Lipinski definition) is 2. The topological polar surface area (TPSA) is 20.2 Å². The Hall–Kier alpha value is -0.340. The maximum atomic E-state index is 8.60. The highest BCUT2D eigenvalue weighted by atomic mass is 32.1. The minimum absolute atomic E-state index is 0.455. The van der Waals surface area contributed by atoms with Crippen molar-refractivity contribution >= 4 is 11.3 Å². The molecule has 0 amide bonds. The molecule has 44 valence electrons. The third-order valence-corrected chi connectivity index (χ3v) is 1.49. The van der Waals surface area contributed by atoms with Gasteiger partial charge in [0.25, 0.3) is 0 Å². The Morgan fingerprint density at radius 1 is 1.88 bits per heavy atom. The Bertz CT molecular complexity index is 196. The number of hydrogen-bond donors (Lipinski definition) is 1. The molecule has 2 heteroatoms. The molecule has 1 aromatic heterocycles. The maximum Gasteiger partial charge on any atom is 0.0471 e. The van der Waals surface area contributed by atoms with Gasteiger partial charge in [-0.05, 0) is 28.8 Å². The number of thiophene rings is 1. The van der Waals surface area contributed by atoms with E-state index in [4.69, 9.17) is 7.85 Å². The molecule has 0 aliphatic rings. The Balaban J connectivity index is 2.85. The standard InChI is InChI=1S/C6H8OS/c7-3-1-6-2-4-8-5-6/h2,4-5,7H,1,3H2/i1D2. The summed E-state index contributed by atoms with van der Waals surface area (Å²) in [5, 5.41) is 12.1. The van der Waals surface area contributed by atoms with Crippen molar-refractivity contribution in [3.05, 3.63) is 22.4 Å². The van der Waals surface area contributed by atoms with Gasteiger partial charge in [-0.3, -0.25) is 0 Å². The van der Waals surface area contributed by atoms with Crippen LogP contribution in [0.2, 0.25) is 0 Å². The molecule has 0 spiro atoms. The van der Waals surface area contributed by atoms with Gasteiger partial charge in [-0.15, -0.1) is 0 Å². The lowest BCUT2D eigenvalue weighted by Gasteiger charge is -1.85. The maximum absolute atomic E-state index is 8.60. The molecule has 0 unspecified atom stereocenters. The summed E-state index contributed by atoms with van der Waals surface area (Å²) in [6.45, 7) is -0.455. The summed E-state index contributed by atoms with van der Waals surface area (Å²) in [6.07, 6.45) is -1.57. The van der Waals surface area contributed by atoms with Gasteiger partial charge >= 0.3 is 0 Å². The predicted octanol–water partition coefficient (Wildman–Crippen LogP) is 1.28. The van der Waals surface area contributed by atoms with Gasteiger partial charge in [-0.1, -0.05) is 0 Å². The molecule has 0 saturated carbocycles. The van der Waals surface area contributed by atoms with Crippen molar-refractivity contribution in [3.63, 3.8) is 0 Å². The van der Waals surface area contributed by atoms with Crippen molar-refractivity contribution in [2.24, 2.45) is 0 Å². The SMILES string of the molecule is [2H]C([2H])(CO)c1ccsc1. The normalized spacial score (nSPS) is 15.1. The zero-order chi connectivity index (χ0) is 7.61. The number of rotatable bonds is 2. The quantitative estimate of drug-likeness (QED) is 0.639. The molecular weight excluding hydrogens is 120 g/mol. The molecule has 0 fully saturated rings. The summed E-state index contributed by atoms with van der Waals surface area (Å²) in [7, 11) is 0. The molecule has 8 heavy (non-hydrogen) atoms. The van der Waals surface area contributed by atoms with Crippen LogP contribution in [0.3, 0.4) is 0 Å². The fraction of sp³-hybridized carbons (Fsp3) is 0.333. The summed E-state index contributed by atoms with van der Waals surface area (Å²) in [4.78, 5) is 0. The van der Waals surface area contributed by atoms with Crippen molar-refractivity contribution in [1.29, 1.82) is 0 Å². The predicted molar refractivity (Wildman–Crippen MR) is 35.1 cm³/mol. The first-order valence-electron chi connectivity index (χ1n) is 3.30. The largest absolute Gasteiger partial charge is 0.396 e. The van der Waals surface area contributed by atoms with Gasteiger partial charge in [0, 0.05) is 9.35 Å². The molecule has 0 aliphatic heterocycles. The fourth-order valence-corrected chi connectivity index (χ4v) is 1.07. The van der Waals surface area contributed by atoms with Gasteiger partial charge in [0.15, 0.2) is 0 Å². The summed E-state index contributed by atoms with van der Waals surface area (Å²) >= 11 is 1.43. The van der Waals surface area contributed by atoms with Crippen LogP contribution >= 0.6 is 11.3 Å². The first-order chi connectivity index (χ1) is 4.67. The molecule has 1 rings (SSSR count). The van der Waals surface area contributed by atoms with Gasteiger partial charge < -0.3 is 5.11 Å². The van der Waals surface area contributed by atoms with Gasteiger partial charge in [0.05, 0.1) is 0 Å². The van der Waals surface area contributed by atoms with E-state index in [2.05, 4.69) is 0 Å². The van der Waals surface area contributed by atoms with E-state index >= 15 is 0 Å². The molecular formula is C6H8OS. The second-order valence-corrected chi connectivity index (χ2v) is 2.13. The van der Waals surface area contributed by atoms with Crippen LogP contribution in [0.1, 0.15) is 8.30 Å². The van der Waals surface area contributed by atoms with E-state index in [1.807, 2.05) is 0 Å². The second-order valence-electron chi connectivity index (χ2n) is 1.35. The Labute approximate surface area is 55.4 Å². The van der Waals surface area contributed by atoms with Gasteiger partial charge in [0.2, 0.25) is 0 Å². The fourth-order valence-electron chi connectivity index (χ4n) is 0.456. The van der Waals surface area contributed by atoms with Gasteiger partial charge in [-0.2, -0.15) is 11.3 Å². The first kappa shape index (κ1) is 3.64. The monoisotopic (exact) mass is 130 g/mol. The summed E-state index contributed by atoms with van der Waals surface area (Å²) in [5.74, 6) is 0. The molecule has 1 aromatic rings. The van der Waals surface area contributed by atoms with Crippen LogP contribution in [-0.4, -0.2) is 11.7 Å². The van der Waals surface area contributed by atoms with Crippen LogP contribution in [0.25, 0.3) is 0 Å². The highest BCUT2D eigenvalue weighted by Gasteiger charge is 1.87. The first-order valence-corrected chi connectivity index (χ1v) is 3.24. The summed E-state index contributed by atoms with van der Waals surface area (Å²) in [6, 6.07) is 1.68. The van der Waals surface area contributed by atoms with Crippen LogP contribution in [0.4, 0.5) is 0 Å². The molecule has 0 aliphatic carbocycles. The lowest BCUT2D eigenvalue weighted by atomic mass is 10.3. The molecule has 1 nitrogen and oxygen atoms in total. The average molecular weight is 130 g/mol. The lowest BCUT2D eigenvalue weighted by Crippen LogP contribution is -1.85. The van der Waals surface area contributed by atoms with E-state index in [1.165, 1.54) is 11.3 Å². The van der Waals surface area contributed by atoms with Crippen molar-refractivity contribution in [2.75, 3.05) is 6.61 Å². The molecule has 0 saturated heterocycles. The van der Waals surface area contributed by atoms with Crippen molar-refractivity contribution in [3.8, 4) is 0 Å². The number of aliphatic hydroxyl groups is 1. The smallest absolute Gasteiger partial charge is 0.0471 e. The lowest BCUT2D eigenvalue weighted by molar-refractivity contribution is 0.300. The van der Waals surface area contributed by atoms with E-state index < -0.39 is 13.0 Å². The zero-order valence-electron chi connectivity index (χ0n) is 6.29. The van der Waals surface area contributed by atoms with Crippen LogP contribution < -0.4 is 0 Å². The van der Waals surface area contributed by atoms with E-state index in [0.717, 1.165) is 0 Å². The Kier molecular flexibility index (Phi) is 1.29. The molecule has 0 radical (unpaired) electrons. The summed E-state index contributed by atoms with van der Waals surface area (Å²) in [5.41, 5.74) is 0.556. The summed E-state index contributed by atoms with van der Waals surface area (Å²) < 4.78 is 14.5. The third-order valence-electron chi connectivity index (χ3n) is 0.804. The Morgan fingerprint density at radius 2 is 2.75 bits per heavy atom. The average Bonchev–Trinajstić information content (AvgIpc) is 2.38. The van der Waals surface area contributed by atoms with E-state index in [9.17, 15) is 0 Å². The minimum atomic E-state index is -1.57. The molecule has 1 N–H and O–H groups in total. The molecule has 1 heterocycles. The van der Waals surface area contributed by atoms with Crippen LogP contribution in [0.5, 0.6) is 0 Å². The van der Waals surface area contributed by atoms with Crippen LogP contribution in [0.15, 0.2) is 16.8 Å². The Morgan fingerprint density at radius 3 is 3.25 bits per heavy atom. The minimum Gasteiger partial charge on any atom is -0.396 e. The molecule has 0 bridgehead atoms. The molecule has 0 atom stereocenters. The number of aliphatic hydroxyl groups excluding tert-OH is 1. The van der Waals surface area contributed by atoms with Crippen LogP contribution in [0, 0.1) is 0 Å². The van der Waals surface area contributed by atoms with Crippen molar-refractivity contribution in [1.82, 2.24) is 0 Å². The van der Waals surface area contributed by atoms with Crippen molar-refractivity contribution < 1.29 is 7.85 Å². The highest BCUT2D eigenvalue weighted by Crippen LogP contribution is 2.05. The van der Waals surface area contributed by atoms with Crippen LogP contribution in [-0.2, 0) is 6.37 Å². The third kappa shape index (κ3) is 1.32. The highest BCUT2D eigenvalue weighted by molar-refractivity contribution is 7.07. The van der Waals surface area contributed by atoms with E-state index in [1.54, 1.807) is 16.8 Å². The van der Waals surface area contributed by atoms with E-state index in [-0.39, 0.29) is 0 Å². The molecule has 0 aromatic carbocycles. The van der Waals surface area contributed by atoms with Crippen molar-refractivity contribution in [2.45, 2.75) is 6.37 Å². The second kappa shape index (κ2) is 2.84.